The first kappa shape index (κ1) is 17.6. The Kier molecular flexibility index (Phi) is 6.14. The number of carbonyl (C=O) groups excluding carboxylic acids is 1. The Hall–Kier alpha value is -2.25. The molecule has 134 valence electrons. The maximum absolute atomic E-state index is 12.2. The van der Waals surface area contributed by atoms with Crippen molar-refractivity contribution in [3.8, 4) is 11.3 Å². The van der Waals surface area contributed by atoms with Crippen molar-refractivity contribution in [3.05, 3.63) is 36.4 Å². The fourth-order valence-electron chi connectivity index (χ4n) is 2.69. The number of hydrogen-bond donors (Lipinski definition) is 0. The highest BCUT2D eigenvalue weighted by molar-refractivity contribution is 5.77. The molecule has 2 aromatic rings. The van der Waals surface area contributed by atoms with Gasteiger partial charge in [0.05, 0.1) is 19.3 Å². The first-order valence-electron chi connectivity index (χ1n) is 8.51. The lowest BCUT2D eigenvalue weighted by Gasteiger charge is -2.22. The van der Waals surface area contributed by atoms with Crippen molar-refractivity contribution in [3.63, 3.8) is 0 Å². The molecule has 2 aromatic heterocycles. The molecule has 0 aliphatic carbocycles. The van der Waals surface area contributed by atoms with Crippen LogP contribution in [-0.2, 0) is 20.8 Å². The predicted molar refractivity (Wildman–Crippen MR) is 90.6 cm³/mol. The largest absolute Gasteiger partial charge is 0.376 e. The van der Waals surface area contributed by atoms with E-state index in [9.17, 15) is 4.79 Å². The number of amides is 1. The summed E-state index contributed by atoms with van der Waals surface area (Å²) in [5, 5.41) is 4.03. The van der Waals surface area contributed by atoms with Crippen LogP contribution in [-0.4, -0.2) is 53.9 Å². The summed E-state index contributed by atoms with van der Waals surface area (Å²) >= 11 is 0. The quantitative estimate of drug-likeness (QED) is 0.766. The molecule has 1 fully saturated rings. The van der Waals surface area contributed by atoms with Crippen LogP contribution in [0.2, 0.25) is 0 Å². The standard InChI is InChI=1S/C18H23N3O4/c1-21(18(22)13-23-12-15-4-2-3-9-24-15)11-16-10-17(20-25-16)14-5-7-19-8-6-14/h5-8,10,15H,2-4,9,11-13H2,1H3/t15-/m0/s1. The van der Waals surface area contributed by atoms with Gasteiger partial charge in [0.2, 0.25) is 5.91 Å². The summed E-state index contributed by atoms with van der Waals surface area (Å²) in [4.78, 5) is 17.7. The second-order valence-electron chi connectivity index (χ2n) is 6.17. The summed E-state index contributed by atoms with van der Waals surface area (Å²) in [6, 6.07) is 5.55. The Bertz CT molecular complexity index is 668. The van der Waals surface area contributed by atoms with Gasteiger partial charge in [0.25, 0.3) is 0 Å². The minimum atomic E-state index is -0.0994. The van der Waals surface area contributed by atoms with Crippen LogP contribution in [0.4, 0.5) is 0 Å². The van der Waals surface area contributed by atoms with Crippen LogP contribution in [0.15, 0.2) is 35.1 Å². The second-order valence-corrected chi connectivity index (χ2v) is 6.17. The van der Waals surface area contributed by atoms with Gasteiger partial charge in [-0.25, -0.2) is 0 Å². The predicted octanol–water partition coefficient (Wildman–Crippen LogP) is 2.28. The summed E-state index contributed by atoms with van der Waals surface area (Å²) in [7, 11) is 1.72. The Morgan fingerprint density at radius 1 is 1.36 bits per heavy atom. The smallest absolute Gasteiger partial charge is 0.248 e. The molecule has 0 bridgehead atoms. The van der Waals surface area contributed by atoms with E-state index in [-0.39, 0.29) is 18.6 Å². The van der Waals surface area contributed by atoms with Crippen LogP contribution in [0.3, 0.4) is 0 Å². The summed E-state index contributed by atoms with van der Waals surface area (Å²) in [6.07, 6.45) is 6.78. The van der Waals surface area contributed by atoms with Crippen LogP contribution in [0.25, 0.3) is 11.3 Å². The van der Waals surface area contributed by atoms with Crippen molar-refractivity contribution in [2.24, 2.45) is 0 Å². The fraction of sp³-hybridized carbons (Fsp3) is 0.500. The lowest BCUT2D eigenvalue weighted by Crippen LogP contribution is -2.32. The molecule has 1 aliphatic heterocycles. The molecule has 0 radical (unpaired) electrons. The number of ether oxygens (including phenoxy) is 2. The zero-order chi connectivity index (χ0) is 17.5. The Morgan fingerprint density at radius 3 is 2.96 bits per heavy atom. The number of aromatic nitrogens is 2. The van der Waals surface area contributed by atoms with Crippen molar-refractivity contribution < 1.29 is 18.8 Å². The highest BCUT2D eigenvalue weighted by atomic mass is 16.5. The van der Waals surface area contributed by atoms with Gasteiger partial charge in [-0.05, 0) is 31.4 Å². The van der Waals surface area contributed by atoms with Crippen molar-refractivity contribution >= 4 is 5.91 Å². The van der Waals surface area contributed by atoms with Crippen LogP contribution in [0, 0.1) is 0 Å². The van der Waals surface area contributed by atoms with E-state index in [0.29, 0.717) is 18.9 Å². The summed E-state index contributed by atoms with van der Waals surface area (Å²) in [5.74, 6) is 0.524. The van der Waals surface area contributed by atoms with E-state index < -0.39 is 0 Å². The van der Waals surface area contributed by atoms with Crippen molar-refractivity contribution in [2.75, 3.05) is 26.9 Å². The molecule has 0 spiro atoms. The van der Waals surface area contributed by atoms with Gasteiger partial charge in [-0.1, -0.05) is 5.16 Å². The van der Waals surface area contributed by atoms with E-state index in [0.717, 1.165) is 37.1 Å². The lowest BCUT2D eigenvalue weighted by molar-refractivity contribution is -0.137. The number of hydrogen-bond acceptors (Lipinski definition) is 6. The minimum absolute atomic E-state index is 0.0434. The number of likely N-dealkylation sites (N-methyl/N-ethyl adjacent to an activating group) is 1. The third-order valence-corrected chi connectivity index (χ3v) is 4.16. The van der Waals surface area contributed by atoms with E-state index in [1.54, 1.807) is 24.3 Å². The molecule has 7 nitrogen and oxygen atoms in total. The van der Waals surface area contributed by atoms with Gasteiger partial charge in [0.15, 0.2) is 5.76 Å². The van der Waals surface area contributed by atoms with Gasteiger partial charge in [-0.2, -0.15) is 0 Å². The van der Waals surface area contributed by atoms with E-state index in [1.165, 1.54) is 0 Å². The van der Waals surface area contributed by atoms with Gasteiger partial charge in [-0.15, -0.1) is 0 Å². The Morgan fingerprint density at radius 2 is 2.20 bits per heavy atom. The van der Waals surface area contributed by atoms with Crippen LogP contribution in [0.1, 0.15) is 25.0 Å². The molecule has 1 saturated heterocycles. The molecule has 1 atom stereocenters. The normalized spacial score (nSPS) is 17.4. The molecule has 0 aromatic carbocycles. The lowest BCUT2D eigenvalue weighted by atomic mass is 10.1. The van der Waals surface area contributed by atoms with E-state index in [1.807, 2.05) is 18.2 Å². The first-order valence-corrected chi connectivity index (χ1v) is 8.51. The van der Waals surface area contributed by atoms with E-state index in [4.69, 9.17) is 14.0 Å². The van der Waals surface area contributed by atoms with Gasteiger partial charge in [-0.3, -0.25) is 9.78 Å². The minimum Gasteiger partial charge on any atom is -0.376 e. The van der Waals surface area contributed by atoms with Crippen LogP contribution >= 0.6 is 0 Å². The first-order chi connectivity index (χ1) is 12.2. The summed E-state index contributed by atoms with van der Waals surface area (Å²) in [6.45, 7) is 1.64. The van der Waals surface area contributed by atoms with E-state index >= 15 is 0 Å². The van der Waals surface area contributed by atoms with Gasteiger partial charge in [0, 0.05) is 37.7 Å². The maximum Gasteiger partial charge on any atom is 0.248 e. The molecule has 0 N–H and O–H groups in total. The number of nitrogens with zero attached hydrogens (tertiary/aromatic N) is 3. The number of carbonyl (C=O) groups is 1. The van der Waals surface area contributed by atoms with Crippen molar-refractivity contribution in [1.29, 1.82) is 0 Å². The number of rotatable bonds is 7. The van der Waals surface area contributed by atoms with Crippen molar-refractivity contribution in [2.45, 2.75) is 31.9 Å². The molecule has 0 unspecified atom stereocenters. The highest BCUT2D eigenvalue weighted by Gasteiger charge is 2.17. The summed E-state index contributed by atoms with van der Waals surface area (Å²) in [5.41, 5.74) is 1.65. The zero-order valence-corrected chi connectivity index (χ0v) is 14.4. The second kappa shape index (κ2) is 8.73. The average Bonchev–Trinajstić information content (AvgIpc) is 3.12. The topological polar surface area (TPSA) is 77.7 Å². The molecule has 0 saturated carbocycles. The maximum atomic E-state index is 12.2. The SMILES string of the molecule is CN(Cc1cc(-c2ccncc2)no1)C(=O)COC[C@@H]1CCCCO1. The van der Waals surface area contributed by atoms with Crippen LogP contribution in [0.5, 0.6) is 0 Å². The molecular weight excluding hydrogens is 322 g/mol. The van der Waals surface area contributed by atoms with Crippen molar-refractivity contribution in [1.82, 2.24) is 15.0 Å². The molecule has 1 aliphatic rings. The average molecular weight is 345 g/mol. The van der Waals surface area contributed by atoms with Gasteiger partial charge in [0.1, 0.15) is 12.3 Å². The Balaban J connectivity index is 1.44. The number of pyridine rings is 1. The highest BCUT2D eigenvalue weighted by Crippen LogP contribution is 2.18. The molecular formula is C18H23N3O4. The van der Waals surface area contributed by atoms with Gasteiger partial charge >= 0.3 is 0 Å². The fourth-order valence-corrected chi connectivity index (χ4v) is 2.69. The molecule has 25 heavy (non-hydrogen) atoms. The summed E-state index contributed by atoms with van der Waals surface area (Å²) < 4.78 is 16.4. The van der Waals surface area contributed by atoms with E-state index in [2.05, 4.69) is 10.1 Å². The molecule has 7 heteroatoms. The molecule has 3 heterocycles. The monoisotopic (exact) mass is 345 g/mol. The Labute approximate surface area is 146 Å². The molecule has 3 rings (SSSR count). The third kappa shape index (κ3) is 5.11. The third-order valence-electron chi connectivity index (χ3n) is 4.16. The van der Waals surface area contributed by atoms with Gasteiger partial charge < -0.3 is 18.9 Å². The van der Waals surface area contributed by atoms with Crippen LogP contribution < -0.4 is 0 Å². The molecule has 1 amide bonds. The zero-order valence-electron chi connectivity index (χ0n) is 14.4.